The number of rotatable bonds is 8. The van der Waals surface area contributed by atoms with E-state index in [0.29, 0.717) is 5.56 Å². The van der Waals surface area contributed by atoms with Gasteiger partial charge in [-0.1, -0.05) is 54.6 Å². The van der Waals surface area contributed by atoms with Crippen molar-refractivity contribution in [2.75, 3.05) is 13.7 Å². The molecule has 144 valence electrons. The van der Waals surface area contributed by atoms with Crippen molar-refractivity contribution < 1.29 is 9.53 Å². The van der Waals surface area contributed by atoms with Crippen molar-refractivity contribution in [3.05, 3.63) is 89.5 Å². The quantitative estimate of drug-likeness (QED) is 0.616. The molecule has 3 aromatic rings. The van der Waals surface area contributed by atoms with Crippen molar-refractivity contribution in [3.63, 3.8) is 0 Å². The normalized spacial score (nSPS) is 11.8. The zero-order valence-corrected chi connectivity index (χ0v) is 16.3. The van der Waals surface area contributed by atoms with Crippen molar-refractivity contribution in [2.24, 2.45) is 5.73 Å². The van der Waals surface area contributed by atoms with E-state index in [1.165, 1.54) is 11.1 Å². The molecule has 3 N–H and O–H groups in total. The Morgan fingerprint density at radius 3 is 2.32 bits per heavy atom. The average molecular weight is 374 g/mol. The molecule has 28 heavy (non-hydrogen) atoms. The molecule has 0 fully saturated rings. The van der Waals surface area contributed by atoms with Crippen LogP contribution in [0.15, 0.2) is 72.8 Å². The summed E-state index contributed by atoms with van der Waals surface area (Å²) in [5, 5.41) is 3.55. The molecule has 4 nitrogen and oxygen atoms in total. The highest BCUT2D eigenvalue weighted by molar-refractivity contribution is 5.92. The Balaban J connectivity index is 1.57. The zero-order chi connectivity index (χ0) is 19.9. The molecule has 0 aliphatic carbocycles. The summed E-state index contributed by atoms with van der Waals surface area (Å²) in [6.45, 7) is 3.01. The summed E-state index contributed by atoms with van der Waals surface area (Å²) in [5.41, 5.74) is 10.5. The second-order valence-electron chi connectivity index (χ2n) is 6.81. The van der Waals surface area contributed by atoms with Crippen LogP contribution in [0.2, 0.25) is 0 Å². The summed E-state index contributed by atoms with van der Waals surface area (Å²) in [4.78, 5) is 11.1. The maximum Gasteiger partial charge on any atom is 0.248 e. The average Bonchev–Trinajstić information content (AvgIpc) is 2.74. The van der Waals surface area contributed by atoms with Gasteiger partial charge in [0.1, 0.15) is 5.75 Å². The van der Waals surface area contributed by atoms with Gasteiger partial charge in [0.25, 0.3) is 0 Å². The van der Waals surface area contributed by atoms with Gasteiger partial charge in [0, 0.05) is 17.2 Å². The van der Waals surface area contributed by atoms with Crippen LogP contribution in [0.1, 0.15) is 34.5 Å². The van der Waals surface area contributed by atoms with Gasteiger partial charge in [0.2, 0.25) is 5.91 Å². The number of nitrogens with two attached hydrogens (primary N) is 1. The number of ether oxygens (including phenoxy) is 1. The number of primary amides is 1. The Hall–Kier alpha value is -3.11. The van der Waals surface area contributed by atoms with Crippen molar-refractivity contribution in [1.82, 2.24) is 5.32 Å². The van der Waals surface area contributed by atoms with E-state index in [1.54, 1.807) is 19.2 Å². The van der Waals surface area contributed by atoms with Crippen molar-refractivity contribution in [3.8, 4) is 16.9 Å². The van der Waals surface area contributed by atoms with Gasteiger partial charge >= 0.3 is 0 Å². The molecule has 0 saturated heterocycles. The number of methoxy groups -OCH3 is 1. The molecular weight excluding hydrogens is 348 g/mol. The molecule has 4 heteroatoms. The van der Waals surface area contributed by atoms with Gasteiger partial charge in [-0.3, -0.25) is 4.79 Å². The smallest absolute Gasteiger partial charge is 0.248 e. The minimum Gasteiger partial charge on any atom is -0.496 e. The molecule has 1 amide bonds. The number of nitrogens with one attached hydrogen (secondary N) is 1. The highest BCUT2D eigenvalue weighted by Gasteiger charge is 2.08. The molecular formula is C24H26N2O2. The SMILES string of the molecule is COc1ccccc1-c1ccc(C(C)NCCc2ccc(C(N)=O)cc2)cc1. The maximum absolute atomic E-state index is 11.1. The van der Waals surface area contributed by atoms with Crippen LogP contribution in [0.3, 0.4) is 0 Å². The lowest BCUT2D eigenvalue weighted by Crippen LogP contribution is -2.21. The van der Waals surface area contributed by atoms with Crippen LogP contribution >= 0.6 is 0 Å². The molecule has 1 unspecified atom stereocenters. The van der Waals surface area contributed by atoms with Gasteiger partial charge in [-0.2, -0.15) is 0 Å². The Bertz CT molecular complexity index is 918. The Morgan fingerprint density at radius 2 is 1.68 bits per heavy atom. The van der Waals surface area contributed by atoms with Gasteiger partial charge < -0.3 is 15.8 Å². The molecule has 0 aliphatic rings. The molecule has 0 aromatic heterocycles. The third-order valence-electron chi connectivity index (χ3n) is 4.93. The van der Waals surface area contributed by atoms with Crippen LogP contribution in [0.25, 0.3) is 11.1 Å². The molecule has 0 heterocycles. The first-order chi connectivity index (χ1) is 13.6. The van der Waals surface area contributed by atoms with Crippen molar-refractivity contribution >= 4 is 5.91 Å². The van der Waals surface area contributed by atoms with Crippen LogP contribution < -0.4 is 15.8 Å². The second kappa shape index (κ2) is 9.20. The lowest BCUT2D eigenvalue weighted by atomic mass is 10.0. The Kier molecular flexibility index (Phi) is 6.45. The monoisotopic (exact) mass is 374 g/mol. The Labute approximate surface area is 166 Å². The number of hydrogen-bond donors (Lipinski definition) is 2. The van der Waals surface area contributed by atoms with E-state index in [0.717, 1.165) is 29.8 Å². The van der Waals surface area contributed by atoms with Gasteiger partial charge in [-0.15, -0.1) is 0 Å². The molecule has 1 atom stereocenters. The zero-order valence-electron chi connectivity index (χ0n) is 16.3. The standard InChI is InChI=1S/C24H26N2O2/c1-17(26-16-15-18-7-9-21(10-8-18)24(25)27)19-11-13-20(14-12-19)22-5-3-4-6-23(22)28-2/h3-14,17,26H,15-16H2,1-2H3,(H2,25,27). The lowest BCUT2D eigenvalue weighted by Gasteiger charge is -2.15. The van der Waals surface area contributed by atoms with Crippen LogP contribution in [-0.2, 0) is 6.42 Å². The summed E-state index contributed by atoms with van der Waals surface area (Å²) in [6, 6.07) is 24.3. The predicted molar refractivity (Wildman–Crippen MR) is 114 cm³/mol. The lowest BCUT2D eigenvalue weighted by molar-refractivity contribution is 0.100. The largest absolute Gasteiger partial charge is 0.496 e. The van der Waals surface area contributed by atoms with E-state index in [4.69, 9.17) is 10.5 Å². The van der Waals surface area contributed by atoms with E-state index >= 15 is 0 Å². The van der Waals surface area contributed by atoms with Gasteiger partial charge in [-0.05, 0) is 54.8 Å². The number of carbonyl (C=O) groups is 1. The van der Waals surface area contributed by atoms with Crippen molar-refractivity contribution in [1.29, 1.82) is 0 Å². The second-order valence-corrected chi connectivity index (χ2v) is 6.81. The molecule has 0 spiro atoms. The molecule has 3 rings (SSSR count). The summed E-state index contributed by atoms with van der Waals surface area (Å²) >= 11 is 0. The van der Waals surface area contributed by atoms with E-state index in [-0.39, 0.29) is 6.04 Å². The molecule has 0 bridgehead atoms. The number of hydrogen-bond acceptors (Lipinski definition) is 3. The third kappa shape index (κ3) is 4.78. The summed E-state index contributed by atoms with van der Waals surface area (Å²) in [7, 11) is 1.70. The maximum atomic E-state index is 11.1. The van der Waals surface area contributed by atoms with Crippen LogP contribution in [-0.4, -0.2) is 19.6 Å². The Morgan fingerprint density at radius 1 is 1.00 bits per heavy atom. The number of carbonyl (C=O) groups excluding carboxylic acids is 1. The summed E-state index contributed by atoms with van der Waals surface area (Å²) in [6.07, 6.45) is 0.892. The first-order valence-electron chi connectivity index (χ1n) is 9.44. The van der Waals surface area contributed by atoms with E-state index in [1.807, 2.05) is 30.3 Å². The molecule has 0 radical (unpaired) electrons. The topological polar surface area (TPSA) is 64.3 Å². The number of benzene rings is 3. The van der Waals surface area contributed by atoms with Crippen LogP contribution in [0.5, 0.6) is 5.75 Å². The number of para-hydroxylation sites is 1. The van der Waals surface area contributed by atoms with E-state index < -0.39 is 5.91 Å². The molecule has 3 aromatic carbocycles. The first-order valence-corrected chi connectivity index (χ1v) is 9.44. The van der Waals surface area contributed by atoms with Crippen LogP contribution in [0, 0.1) is 0 Å². The number of amides is 1. The highest BCUT2D eigenvalue weighted by atomic mass is 16.5. The van der Waals surface area contributed by atoms with Gasteiger partial charge in [0.15, 0.2) is 0 Å². The van der Waals surface area contributed by atoms with Gasteiger partial charge in [0.05, 0.1) is 7.11 Å². The van der Waals surface area contributed by atoms with E-state index in [9.17, 15) is 4.79 Å². The van der Waals surface area contributed by atoms with Crippen molar-refractivity contribution in [2.45, 2.75) is 19.4 Å². The fraction of sp³-hybridized carbons (Fsp3) is 0.208. The fourth-order valence-corrected chi connectivity index (χ4v) is 3.22. The van der Waals surface area contributed by atoms with Gasteiger partial charge in [-0.25, -0.2) is 0 Å². The summed E-state index contributed by atoms with van der Waals surface area (Å²) < 4.78 is 5.46. The third-order valence-corrected chi connectivity index (χ3v) is 4.93. The predicted octanol–water partition coefficient (Wildman–Crippen LogP) is 4.35. The first kappa shape index (κ1) is 19.6. The minimum absolute atomic E-state index is 0.247. The minimum atomic E-state index is -0.394. The van der Waals surface area contributed by atoms with E-state index in [2.05, 4.69) is 42.6 Å². The van der Waals surface area contributed by atoms with Crippen LogP contribution in [0.4, 0.5) is 0 Å². The highest BCUT2D eigenvalue weighted by Crippen LogP contribution is 2.30. The fourth-order valence-electron chi connectivity index (χ4n) is 3.22. The molecule has 0 aliphatic heterocycles. The molecule has 0 saturated carbocycles. The summed E-state index contributed by atoms with van der Waals surface area (Å²) in [5.74, 6) is 0.485.